The third kappa shape index (κ3) is 3.42. The fraction of sp³-hybridized carbons (Fsp3) is 0.263. The molecule has 3 aromatic rings. The molecule has 3 heterocycles. The van der Waals surface area contributed by atoms with Crippen LogP contribution in [-0.4, -0.2) is 45.0 Å². The molecule has 1 aliphatic heterocycles. The Morgan fingerprint density at radius 2 is 1.76 bits per heavy atom. The maximum atomic E-state index is 12.4. The summed E-state index contributed by atoms with van der Waals surface area (Å²) in [6.45, 7) is 1.35. The molecule has 0 aliphatic carbocycles. The minimum atomic E-state index is 0.0475. The van der Waals surface area contributed by atoms with E-state index in [-0.39, 0.29) is 12.0 Å². The summed E-state index contributed by atoms with van der Waals surface area (Å²) >= 11 is 0. The summed E-state index contributed by atoms with van der Waals surface area (Å²) in [5.41, 5.74) is 2.35. The second-order valence-corrected chi connectivity index (χ2v) is 6.04. The van der Waals surface area contributed by atoms with Crippen LogP contribution in [0, 0.1) is 0 Å². The summed E-state index contributed by atoms with van der Waals surface area (Å²) in [5, 5.41) is 0. The zero-order valence-electron chi connectivity index (χ0n) is 13.7. The number of hydrogen-bond acceptors (Lipinski definition) is 5. The number of ether oxygens (including phenoxy) is 1. The van der Waals surface area contributed by atoms with Gasteiger partial charge in [0.2, 0.25) is 5.88 Å². The number of hydrogen-bond donors (Lipinski definition) is 0. The van der Waals surface area contributed by atoms with Gasteiger partial charge in [-0.25, -0.2) is 9.97 Å². The van der Waals surface area contributed by atoms with E-state index in [9.17, 15) is 4.79 Å². The molecule has 6 nitrogen and oxygen atoms in total. The Hall–Kier alpha value is -3.02. The minimum Gasteiger partial charge on any atom is -0.473 e. The molecule has 0 saturated carbocycles. The summed E-state index contributed by atoms with van der Waals surface area (Å²) in [5.74, 6) is 0.587. The molecule has 1 fully saturated rings. The van der Waals surface area contributed by atoms with Crippen molar-refractivity contribution in [2.75, 3.05) is 13.1 Å². The molecule has 0 spiro atoms. The van der Waals surface area contributed by atoms with E-state index in [1.807, 2.05) is 29.2 Å². The van der Waals surface area contributed by atoms with Crippen LogP contribution in [0.5, 0.6) is 5.88 Å². The fourth-order valence-corrected chi connectivity index (χ4v) is 3.02. The zero-order valence-corrected chi connectivity index (χ0v) is 13.7. The van der Waals surface area contributed by atoms with Crippen molar-refractivity contribution in [3.63, 3.8) is 0 Å². The first-order chi connectivity index (χ1) is 12.3. The lowest BCUT2D eigenvalue weighted by Gasteiger charge is -2.31. The zero-order chi connectivity index (χ0) is 17.1. The second-order valence-electron chi connectivity index (χ2n) is 6.04. The van der Waals surface area contributed by atoms with Crippen molar-refractivity contribution in [3.05, 3.63) is 60.6 Å². The van der Waals surface area contributed by atoms with Crippen LogP contribution in [0.1, 0.15) is 23.2 Å². The Kier molecular flexibility index (Phi) is 4.24. The number of piperidine rings is 1. The number of rotatable bonds is 3. The average molecular weight is 334 g/mol. The highest BCUT2D eigenvalue weighted by atomic mass is 16.5. The molecule has 0 N–H and O–H groups in total. The molecule has 126 valence electrons. The molecule has 0 bridgehead atoms. The lowest BCUT2D eigenvalue weighted by molar-refractivity contribution is 0.0587. The van der Waals surface area contributed by atoms with Crippen LogP contribution in [0.15, 0.2) is 55.0 Å². The Bertz CT molecular complexity index is 877. The van der Waals surface area contributed by atoms with Crippen molar-refractivity contribution in [2.24, 2.45) is 0 Å². The Morgan fingerprint density at radius 1 is 1.04 bits per heavy atom. The standard InChI is InChI=1S/C19H18N4O2/c24-19(14-5-9-20-10-6-14)23-11-7-15(8-12-23)25-18-13-21-16-3-1-2-4-17(16)22-18/h1-6,9-10,13,15H,7-8,11-12H2. The first-order valence-electron chi connectivity index (χ1n) is 8.37. The average Bonchev–Trinajstić information content (AvgIpc) is 2.69. The normalized spacial score (nSPS) is 15.3. The fourth-order valence-electron chi connectivity index (χ4n) is 3.02. The summed E-state index contributed by atoms with van der Waals surface area (Å²) in [6, 6.07) is 11.2. The molecule has 0 atom stereocenters. The molecule has 4 rings (SSSR count). The number of fused-ring (bicyclic) bond motifs is 1. The van der Waals surface area contributed by atoms with Crippen LogP contribution in [0.3, 0.4) is 0 Å². The summed E-state index contributed by atoms with van der Waals surface area (Å²) in [4.78, 5) is 27.1. The van der Waals surface area contributed by atoms with Gasteiger partial charge < -0.3 is 9.64 Å². The quantitative estimate of drug-likeness (QED) is 0.737. The van der Waals surface area contributed by atoms with Gasteiger partial charge in [-0.05, 0) is 24.3 Å². The van der Waals surface area contributed by atoms with Crippen LogP contribution < -0.4 is 4.74 Å². The van der Waals surface area contributed by atoms with Gasteiger partial charge in [0.15, 0.2) is 0 Å². The van der Waals surface area contributed by atoms with Crippen molar-refractivity contribution in [2.45, 2.75) is 18.9 Å². The van der Waals surface area contributed by atoms with E-state index in [0.29, 0.717) is 24.5 Å². The van der Waals surface area contributed by atoms with E-state index in [1.165, 1.54) is 0 Å². The van der Waals surface area contributed by atoms with E-state index in [1.54, 1.807) is 30.7 Å². The molecule has 1 amide bonds. The largest absolute Gasteiger partial charge is 0.473 e. The van der Waals surface area contributed by atoms with Gasteiger partial charge in [-0.15, -0.1) is 0 Å². The van der Waals surface area contributed by atoms with Crippen molar-refractivity contribution >= 4 is 16.9 Å². The molecular formula is C19H18N4O2. The molecule has 2 aromatic heterocycles. The topological polar surface area (TPSA) is 68.2 Å². The molecule has 0 radical (unpaired) electrons. The lowest BCUT2D eigenvalue weighted by atomic mass is 10.1. The van der Waals surface area contributed by atoms with Crippen molar-refractivity contribution in [1.29, 1.82) is 0 Å². The Labute approximate surface area is 145 Å². The molecule has 1 aromatic carbocycles. The first-order valence-corrected chi connectivity index (χ1v) is 8.37. The van der Waals surface area contributed by atoms with Crippen molar-refractivity contribution in [1.82, 2.24) is 19.9 Å². The van der Waals surface area contributed by atoms with E-state index in [0.717, 1.165) is 23.9 Å². The Balaban J connectivity index is 1.37. The number of benzene rings is 1. The monoisotopic (exact) mass is 334 g/mol. The summed E-state index contributed by atoms with van der Waals surface area (Å²) in [6.07, 6.45) is 6.56. The Morgan fingerprint density at radius 3 is 2.52 bits per heavy atom. The number of pyridine rings is 1. The third-order valence-corrected chi connectivity index (χ3v) is 4.37. The lowest BCUT2D eigenvalue weighted by Crippen LogP contribution is -2.41. The number of para-hydroxylation sites is 2. The van der Waals surface area contributed by atoms with E-state index in [2.05, 4.69) is 15.0 Å². The van der Waals surface area contributed by atoms with Gasteiger partial charge in [0.25, 0.3) is 5.91 Å². The van der Waals surface area contributed by atoms with Crippen LogP contribution in [0.4, 0.5) is 0 Å². The molecule has 1 aliphatic rings. The van der Waals surface area contributed by atoms with Crippen LogP contribution >= 0.6 is 0 Å². The third-order valence-electron chi connectivity index (χ3n) is 4.37. The molecule has 25 heavy (non-hydrogen) atoms. The van der Waals surface area contributed by atoms with Gasteiger partial charge in [-0.3, -0.25) is 9.78 Å². The van der Waals surface area contributed by atoms with Gasteiger partial charge in [0, 0.05) is 43.9 Å². The van der Waals surface area contributed by atoms with Crippen LogP contribution in [-0.2, 0) is 0 Å². The van der Waals surface area contributed by atoms with Crippen LogP contribution in [0.2, 0.25) is 0 Å². The van der Waals surface area contributed by atoms with E-state index >= 15 is 0 Å². The number of carbonyl (C=O) groups is 1. The van der Waals surface area contributed by atoms with Gasteiger partial charge in [-0.1, -0.05) is 12.1 Å². The summed E-state index contributed by atoms with van der Waals surface area (Å²) in [7, 11) is 0. The SMILES string of the molecule is O=C(c1ccncc1)N1CCC(Oc2cnc3ccccc3n2)CC1. The molecule has 6 heteroatoms. The highest BCUT2D eigenvalue weighted by Crippen LogP contribution is 2.20. The van der Waals surface area contributed by atoms with Gasteiger partial charge in [0.05, 0.1) is 17.2 Å². The second kappa shape index (κ2) is 6.84. The van der Waals surface area contributed by atoms with E-state index in [4.69, 9.17) is 4.74 Å². The maximum Gasteiger partial charge on any atom is 0.253 e. The maximum absolute atomic E-state index is 12.4. The number of amides is 1. The predicted molar refractivity (Wildman–Crippen MR) is 93.3 cm³/mol. The highest BCUT2D eigenvalue weighted by molar-refractivity contribution is 5.94. The first kappa shape index (κ1) is 15.5. The number of likely N-dealkylation sites (tertiary alicyclic amines) is 1. The smallest absolute Gasteiger partial charge is 0.253 e. The molecular weight excluding hydrogens is 316 g/mol. The molecule has 1 saturated heterocycles. The van der Waals surface area contributed by atoms with Crippen molar-refractivity contribution in [3.8, 4) is 5.88 Å². The summed E-state index contributed by atoms with van der Waals surface area (Å²) < 4.78 is 5.98. The van der Waals surface area contributed by atoms with Crippen LogP contribution in [0.25, 0.3) is 11.0 Å². The minimum absolute atomic E-state index is 0.0475. The number of carbonyl (C=O) groups excluding carboxylic acids is 1. The molecule has 0 unspecified atom stereocenters. The number of nitrogens with zero attached hydrogens (tertiary/aromatic N) is 4. The predicted octanol–water partition coefficient (Wildman–Crippen LogP) is 2.71. The van der Waals surface area contributed by atoms with Gasteiger partial charge in [-0.2, -0.15) is 0 Å². The highest BCUT2D eigenvalue weighted by Gasteiger charge is 2.25. The number of aromatic nitrogens is 3. The van der Waals surface area contributed by atoms with Crippen molar-refractivity contribution < 1.29 is 9.53 Å². The van der Waals surface area contributed by atoms with Gasteiger partial charge in [0.1, 0.15) is 6.10 Å². The van der Waals surface area contributed by atoms with Gasteiger partial charge >= 0.3 is 0 Å². The van der Waals surface area contributed by atoms with E-state index < -0.39 is 0 Å².